The highest BCUT2D eigenvalue weighted by Crippen LogP contribution is 2.21. The van der Waals surface area contributed by atoms with Crippen LogP contribution in [0.4, 0.5) is 0 Å². The van der Waals surface area contributed by atoms with Crippen LogP contribution in [-0.4, -0.2) is 19.4 Å². The molecule has 8 heteroatoms. The molecule has 120 valence electrons. The Bertz CT molecular complexity index is 862. The molecule has 0 aliphatic heterocycles. The maximum atomic E-state index is 12.0. The molecule has 0 aromatic heterocycles. The summed E-state index contributed by atoms with van der Waals surface area (Å²) in [5.74, 6) is -0.794. The van der Waals surface area contributed by atoms with Crippen LogP contribution < -0.4 is 4.72 Å². The van der Waals surface area contributed by atoms with Crippen molar-refractivity contribution in [3.8, 4) is 5.75 Å². The van der Waals surface area contributed by atoms with Crippen molar-refractivity contribution in [1.29, 1.82) is 0 Å². The number of aromatic hydroxyl groups is 1. The van der Waals surface area contributed by atoms with Crippen LogP contribution in [0.1, 0.15) is 15.9 Å². The van der Waals surface area contributed by atoms with Crippen molar-refractivity contribution in [2.24, 2.45) is 0 Å². The zero-order valence-electron chi connectivity index (χ0n) is 11.5. The Hall–Kier alpha value is -2.02. The third-order valence-electron chi connectivity index (χ3n) is 2.74. The molecule has 2 rings (SSSR count). The Balaban J connectivity index is 2.14. The summed E-state index contributed by atoms with van der Waals surface area (Å²) in [6.07, 6.45) is 1.29. The number of halogens is 2. The summed E-state index contributed by atoms with van der Waals surface area (Å²) in [7, 11) is -4.00. The van der Waals surface area contributed by atoms with Crippen LogP contribution in [0.25, 0.3) is 6.08 Å². The van der Waals surface area contributed by atoms with E-state index >= 15 is 0 Å². The van der Waals surface area contributed by atoms with Crippen molar-refractivity contribution in [1.82, 2.24) is 4.72 Å². The SMILES string of the molecule is O=C(NS(=O)(=O)C=Cc1ccc(O)cc1)c1ccc(Cl)cc1Cl. The van der Waals surface area contributed by atoms with Gasteiger partial charge in [0.05, 0.1) is 16.0 Å². The Morgan fingerprint density at radius 1 is 1.09 bits per heavy atom. The normalized spacial score (nSPS) is 11.6. The van der Waals surface area contributed by atoms with Gasteiger partial charge in [0.2, 0.25) is 0 Å². The first-order valence-electron chi connectivity index (χ1n) is 6.26. The summed E-state index contributed by atoms with van der Waals surface area (Å²) in [5.41, 5.74) is 0.544. The zero-order chi connectivity index (χ0) is 17.0. The molecule has 0 saturated carbocycles. The van der Waals surface area contributed by atoms with E-state index < -0.39 is 15.9 Å². The highest BCUT2D eigenvalue weighted by atomic mass is 35.5. The lowest BCUT2D eigenvalue weighted by atomic mass is 10.2. The fourth-order valence-corrected chi connectivity index (χ4v) is 2.91. The van der Waals surface area contributed by atoms with E-state index in [4.69, 9.17) is 28.3 Å². The lowest BCUT2D eigenvalue weighted by Gasteiger charge is -2.05. The molecule has 1 amide bonds. The van der Waals surface area contributed by atoms with Gasteiger partial charge in [0.1, 0.15) is 5.75 Å². The molecule has 0 unspecified atom stereocenters. The monoisotopic (exact) mass is 371 g/mol. The van der Waals surface area contributed by atoms with Crippen molar-refractivity contribution in [3.63, 3.8) is 0 Å². The smallest absolute Gasteiger partial charge is 0.266 e. The van der Waals surface area contributed by atoms with Gasteiger partial charge in [0.15, 0.2) is 0 Å². The number of hydrogen-bond acceptors (Lipinski definition) is 4. The summed E-state index contributed by atoms with van der Waals surface area (Å²) in [6.45, 7) is 0. The van der Waals surface area contributed by atoms with Gasteiger partial charge in [0.25, 0.3) is 15.9 Å². The molecule has 0 saturated heterocycles. The van der Waals surface area contributed by atoms with Crippen LogP contribution in [0, 0.1) is 0 Å². The first-order valence-corrected chi connectivity index (χ1v) is 8.56. The van der Waals surface area contributed by atoms with Gasteiger partial charge >= 0.3 is 0 Å². The number of amides is 1. The Morgan fingerprint density at radius 3 is 2.35 bits per heavy atom. The van der Waals surface area contributed by atoms with E-state index in [0.29, 0.717) is 10.6 Å². The largest absolute Gasteiger partial charge is 0.508 e. The first-order chi connectivity index (χ1) is 10.8. The predicted octanol–water partition coefficient (Wildman–Crippen LogP) is 3.43. The molecule has 0 atom stereocenters. The van der Waals surface area contributed by atoms with Gasteiger partial charge in [-0.15, -0.1) is 0 Å². The second-order valence-corrected chi connectivity index (χ2v) is 6.90. The summed E-state index contributed by atoms with van der Waals surface area (Å²) >= 11 is 11.6. The number of benzene rings is 2. The third-order valence-corrected chi connectivity index (χ3v) is 4.26. The molecule has 0 heterocycles. The van der Waals surface area contributed by atoms with Gasteiger partial charge in [-0.1, -0.05) is 35.3 Å². The van der Waals surface area contributed by atoms with E-state index in [1.807, 2.05) is 4.72 Å². The molecule has 2 aromatic rings. The van der Waals surface area contributed by atoms with E-state index in [2.05, 4.69) is 0 Å². The van der Waals surface area contributed by atoms with E-state index in [1.165, 1.54) is 48.5 Å². The van der Waals surface area contributed by atoms with Crippen LogP contribution in [0.15, 0.2) is 47.9 Å². The Kier molecular flexibility index (Phi) is 5.30. The number of carbonyl (C=O) groups excluding carboxylic acids is 1. The van der Waals surface area contributed by atoms with Crippen molar-refractivity contribution in [3.05, 3.63) is 69.0 Å². The number of carbonyl (C=O) groups is 1. The zero-order valence-corrected chi connectivity index (χ0v) is 13.9. The second kappa shape index (κ2) is 7.04. The second-order valence-electron chi connectivity index (χ2n) is 4.49. The predicted molar refractivity (Wildman–Crippen MR) is 90.0 cm³/mol. The van der Waals surface area contributed by atoms with Gasteiger partial charge in [-0.05, 0) is 42.0 Å². The minimum absolute atomic E-state index is 0.00215. The van der Waals surface area contributed by atoms with Crippen LogP contribution in [0.3, 0.4) is 0 Å². The van der Waals surface area contributed by atoms with Crippen LogP contribution in [0.5, 0.6) is 5.75 Å². The minimum atomic E-state index is -4.00. The van der Waals surface area contributed by atoms with E-state index in [1.54, 1.807) is 0 Å². The van der Waals surface area contributed by atoms with Crippen LogP contribution in [-0.2, 0) is 10.0 Å². The van der Waals surface area contributed by atoms with Gasteiger partial charge in [-0.3, -0.25) is 4.79 Å². The molecule has 2 N–H and O–H groups in total. The molecule has 0 bridgehead atoms. The van der Waals surface area contributed by atoms with Gasteiger partial charge in [-0.25, -0.2) is 13.1 Å². The van der Waals surface area contributed by atoms with Crippen LogP contribution in [0.2, 0.25) is 10.0 Å². The highest BCUT2D eigenvalue weighted by molar-refractivity contribution is 7.93. The third kappa shape index (κ3) is 4.99. The van der Waals surface area contributed by atoms with E-state index in [0.717, 1.165) is 5.41 Å². The number of hydrogen-bond donors (Lipinski definition) is 2. The molecule has 0 spiro atoms. The fourth-order valence-electron chi connectivity index (χ4n) is 1.65. The average molecular weight is 372 g/mol. The van der Waals surface area contributed by atoms with Crippen molar-refractivity contribution in [2.75, 3.05) is 0 Å². The van der Waals surface area contributed by atoms with Gasteiger partial charge in [-0.2, -0.15) is 0 Å². The average Bonchev–Trinajstić information content (AvgIpc) is 2.46. The number of nitrogens with one attached hydrogen (secondary N) is 1. The molecule has 0 aliphatic rings. The molecule has 0 fully saturated rings. The van der Waals surface area contributed by atoms with Gasteiger partial charge < -0.3 is 5.11 Å². The molecular formula is C15H11Cl2NO4S. The molecule has 0 aliphatic carbocycles. The topological polar surface area (TPSA) is 83.5 Å². The van der Waals surface area contributed by atoms with Crippen LogP contribution >= 0.6 is 23.2 Å². The summed E-state index contributed by atoms with van der Waals surface area (Å²) < 4.78 is 25.7. The lowest BCUT2D eigenvalue weighted by Crippen LogP contribution is -2.29. The number of rotatable bonds is 4. The minimum Gasteiger partial charge on any atom is -0.508 e. The summed E-state index contributed by atoms with van der Waals surface area (Å²) in [6, 6.07) is 9.99. The van der Waals surface area contributed by atoms with Crippen molar-refractivity contribution in [2.45, 2.75) is 0 Å². The number of phenols is 1. The van der Waals surface area contributed by atoms with Crippen molar-refractivity contribution >= 4 is 45.2 Å². The highest BCUT2D eigenvalue weighted by Gasteiger charge is 2.16. The lowest BCUT2D eigenvalue weighted by molar-refractivity contribution is 0.0982. The molecule has 2 aromatic carbocycles. The number of sulfonamides is 1. The summed E-state index contributed by atoms with van der Waals surface area (Å²) in [5, 5.41) is 10.4. The van der Waals surface area contributed by atoms with Gasteiger partial charge in [0, 0.05) is 5.02 Å². The van der Waals surface area contributed by atoms with E-state index in [9.17, 15) is 13.2 Å². The van der Waals surface area contributed by atoms with Crippen molar-refractivity contribution < 1.29 is 18.3 Å². The standard InChI is InChI=1S/C15H11Cl2NO4S/c16-11-3-6-13(14(17)9-11)15(20)18-23(21,22)8-7-10-1-4-12(19)5-2-10/h1-9,19H,(H,18,20). The summed E-state index contributed by atoms with van der Waals surface area (Å²) in [4.78, 5) is 12.0. The fraction of sp³-hybridized carbons (Fsp3) is 0. The molecule has 5 nitrogen and oxygen atoms in total. The molecule has 0 radical (unpaired) electrons. The maximum Gasteiger partial charge on any atom is 0.266 e. The number of phenolic OH excluding ortho intramolecular Hbond substituents is 1. The molecule has 23 heavy (non-hydrogen) atoms. The quantitative estimate of drug-likeness (QED) is 0.861. The Labute approximate surface area is 143 Å². The van der Waals surface area contributed by atoms with E-state index in [-0.39, 0.29) is 16.3 Å². The first kappa shape index (κ1) is 17.3. The molecular weight excluding hydrogens is 361 g/mol. The maximum absolute atomic E-state index is 12.0. The Morgan fingerprint density at radius 2 is 1.74 bits per heavy atom.